The van der Waals surface area contributed by atoms with Crippen LogP contribution in [-0.2, 0) is 0 Å². The van der Waals surface area contributed by atoms with Crippen molar-refractivity contribution in [2.24, 2.45) is 0 Å². The minimum Gasteiger partial charge on any atom is -0.396 e. The molecule has 0 spiro atoms. The van der Waals surface area contributed by atoms with Crippen LogP contribution in [0, 0.1) is 0 Å². The smallest absolute Gasteiger partial charge is 0.315 e. The Morgan fingerprint density at radius 3 is 2.75 bits per heavy atom. The zero-order chi connectivity index (χ0) is 14.6. The van der Waals surface area contributed by atoms with Gasteiger partial charge in [0.05, 0.1) is 6.04 Å². The summed E-state index contributed by atoms with van der Waals surface area (Å²) in [5, 5.41) is 14.8. The molecule has 1 rings (SSSR count). The minimum atomic E-state index is -0.165. The zero-order valence-corrected chi connectivity index (χ0v) is 12.0. The van der Waals surface area contributed by atoms with Gasteiger partial charge in [0.25, 0.3) is 0 Å². The molecule has 0 saturated heterocycles. The topological polar surface area (TPSA) is 61.4 Å². The first kappa shape index (κ1) is 16.2. The van der Waals surface area contributed by atoms with Crippen molar-refractivity contribution in [2.75, 3.05) is 13.2 Å². The van der Waals surface area contributed by atoms with Crippen LogP contribution < -0.4 is 10.6 Å². The summed E-state index contributed by atoms with van der Waals surface area (Å²) >= 11 is 0. The van der Waals surface area contributed by atoms with Crippen molar-refractivity contribution in [1.29, 1.82) is 0 Å². The van der Waals surface area contributed by atoms with E-state index in [2.05, 4.69) is 10.6 Å². The quantitative estimate of drug-likeness (QED) is 0.505. The molecule has 0 fully saturated rings. The third-order valence-electron chi connectivity index (χ3n) is 2.99. The van der Waals surface area contributed by atoms with E-state index in [-0.39, 0.29) is 18.7 Å². The van der Waals surface area contributed by atoms with Gasteiger partial charge in [-0.2, -0.15) is 0 Å². The van der Waals surface area contributed by atoms with E-state index in [0.717, 1.165) is 18.4 Å². The van der Waals surface area contributed by atoms with Crippen LogP contribution in [0.25, 0.3) is 0 Å². The molecule has 3 N–H and O–H groups in total. The molecule has 1 unspecified atom stereocenters. The van der Waals surface area contributed by atoms with Gasteiger partial charge in [-0.05, 0) is 31.7 Å². The first-order chi connectivity index (χ1) is 9.77. The van der Waals surface area contributed by atoms with E-state index < -0.39 is 0 Å². The fourth-order valence-corrected chi connectivity index (χ4v) is 1.95. The average Bonchev–Trinajstić information content (AvgIpc) is 2.49. The number of benzene rings is 1. The van der Waals surface area contributed by atoms with Crippen LogP contribution >= 0.6 is 0 Å². The van der Waals surface area contributed by atoms with Gasteiger partial charge in [0.2, 0.25) is 0 Å². The standard InChI is InChI=1S/C16H24N2O2/c1-2-3-7-12-17-16(20)18-15(11-8-13-19)14-9-5-4-6-10-14/h2-6,9-10,15,19H,7-8,11-13H2,1H3,(H2,17,18,20). The summed E-state index contributed by atoms with van der Waals surface area (Å²) < 4.78 is 0. The monoisotopic (exact) mass is 276 g/mol. The van der Waals surface area contributed by atoms with Crippen LogP contribution in [0.4, 0.5) is 4.79 Å². The Hall–Kier alpha value is -1.81. The highest BCUT2D eigenvalue weighted by Crippen LogP contribution is 2.17. The summed E-state index contributed by atoms with van der Waals surface area (Å²) in [6.45, 7) is 2.71. The molecule has 4 heteroatoms. The maximum absolute atomic E-state index is 11.8. The molecule has 4 nitrogen and oxygen atoms in total. The number of carbonyl (C=O) groups excluding carboxylic acids is 1. The highest BCUT2D eigenvalue weighted by molar-refractivity contribution is 5.74. The fraction of sp³-hybridized carbons (Fsp3) is 0.438. The van der Waals surface area contributed by atoms with E-state index in [9.17, 15) is 4.79 Å². The summed E-state index contributed by atoms with van der Waals surface area (Å²) in [6.07, 6.45) is 6.20. The molecule has 1 atom stereocenters. The van der Waals surface area contributed by atoms with Crippen LogP contribution in [-0.4, -0.2) is 24.3 Å². The molecule has 1 aromatic carbocycles. The zero-order valence-electron chi connectivity index (χ0n) is 12.0. The predicted octanol–water partition coefficient (Wildman–Crippen LogP) is 2.77. The second-order valence-corrected chi connectivity index (χ2v) is 4.59. The second-order valence-electron chi connectivity index (χ2n) is 4.59. The molecule has 0 aliphatic rings. The van der Waals surface area contributed by atoms with Crippen LogP contribution in [0.1, 0.15) is 37.8 Å². The van der Waals surface area contributed by atoms with Crippen molar-refractivity contribution in [3.05, 3.63) is 48.0 Å². The number of hydrogen-bond donors (Lipinski definition) is 3. The largest absolute Gasteiger partial charge is 0.396 e. The van der Waals surface area contributed by atoms with E-state index in [1.54, 1.807) is 0 Å². The normalized spacial score (nSPS) is 12.3. The van der Waals surface area contributed by atoms with Gasteiger partial charge in [-0.25, -0.2) is 4.79 Å². The average molecular weight is 276 g/mol. The third-order valence-corrected chi connectivity index (χ3v) is 2.99. The number of allylic oxidation sites excluding steroid dienone is 1. The summed E-state index contributed by atoms with van der Waals surface area (Å²) in [5.74, 6) is 0. The summed E-state index contributed by atoms with van der Waals surface area (Å²) in [5.41, 5.74) is 1.06. The molecule has 0 aliphatic heterocycles. The fourth-order valence-electron chi connectivity index (χ4n) is 1.95. The lowest BCUT2D eigenvalue weighted by molar-refractivity contribution is 0.233. The molecule has 1 aromatic rings. The predicted molar refractivity (Wildman–Crippen MR) is 81.5 cm³/mol. The molecule has 110 valence electrons. The molecule has 0 saturated carbocycles. The van der Waals surface area contributed by atoms with Crippen molar-refractivity contribution < 1.29 is 9.90 Å². The van der Waals surface area contributed by atoms with Gasteiger partial charge < -0.3 is 15.7 Å². The number of urea groups is 1. The number of aliphatic hydroxyl groups is 1. The molecule has 20 heavy (non-hydrogen) atoms. The van der Waals surface area contributed by atoms with Gasteiger partial charge in [-0.15, -0.1) is 0 Å². The minimum absolute atomic E-state index is 0.0648. The van der Waals surface area contributed by atoms with E-state index in [4.69, 9.17) is 5.11 Å². The van der Waals surface area contributed by atoms with Gasteiger partial charge in [0, 0.05) is 13.2 Å². The number of amides is 2. The molecule has 2 amide bonds. The molecular weight excluding hydrogens is 252 g/mol. The Balaban J connectivity index is 2.50. The van der Waals surface area contributed by atoms with Crippen LogP contribution in [0.3, 0.4) is 0 Å². The van der Waals surface area contributed by atoms with Crippen molar-refractivity contribution in [3.8, 4) is 0 Å². The summed E-state index contributed by atoms with van der Waals surface area (Å²) in [7, 11) is 0. The van der Waals surface area contributed by atoms with Gasteiger partial charge >= 0.3 is 6.03 Å². The molecule has 0 aliphatic carbocycles. The Morgan fingerprint density at radius 1 is 1.35 bits per heavy atom. The van der Waals surface area contributed by atoms with Crippen LogP contribution in [0.2, 0.25) is 0 Å². The van der Waals surface area contributed by atoms with Crippen molar-refractivity contribution in [3.63, 3.8) is 0 Å². The first-order valence-corrected chi connectivity index (χ1v) is 7.09. The van der Waals surface area contributed by atoms with Crippen molar-refractivity contribution in [2.45, 2.75) is 32.2 Å². The lowest BCUT2D eigenvalue weighted by Crippen LogP contribution is -2.38. The Labute approximate surface area is 120 Å². The number of rotatable bonds is 8. The van der Waals surface area contributed by atoms with E-state index in [1.165, 1.54) is 0 Å². The third kappa shape index (κ3) is 6.38. The lowest BCUT2D eigenvalue weighted by atomic mass is 10.0. The van der Waals surface area contributed by atoms with Gasteiger partial charge in [-0.1, -0.05) is 42.5 Å². The molecule has 0 heterocycles. The van der Waals surface area contributed by atoms with Gasteiger partial charge in [0.1, 0.15) is 0 Å². The Morgan fingerprint density at radius 2 is 2.10 bits per heavy atom. The Bertz CT molecular complexity index is 404. The van der Waals surface area contributed by atoms with Crippen molar-refractivity contribution in [1.82, 2.24) is 10.6 Å². The number of nitrogens with one attached hydrogen (secondary N) is 2. The lowest BCUT2D eigenvalue weighted by Gasteiger charge is -2.19. The summed E-state index contributed by atoms with van der Waals surface area (Å²) in [6, 6.07) is 9.60. The van der Waals surface area contributed by atoms with Crippen LogP contribution in [0.15, 0.2) is 42.5 Å². The first-order valence-electron chi connectivity index (χ1n) is 7.09. The van der Waals surface area contributed by atoms with E-state index >= 15 is 0 Å². The number of hydrogen-bond acceptors (Lipinski definition) is 2. The summed E-state index contributed by atoms with van der Waals surface area (Å²) in [4.78, 5) is 11.8. The number of carbonyl (C=O) groups is 1. The highest BCUT2D eigenvalue weighted by Gasteiger charge is 2.13. The number of aliphatic hydroxyl groups excluding tert-OH is 1. The van der Waals surface area contributed by atoms with Crippen molar-refractivity contribution >= 4 is 6.03 Å². The molecule has 0 bridgehead atoms. The SMILES string of the molecule is CC=CCCNC(=O)NC(CCCO)c1ccccc1. The van der Waals surface area contributed by atoms with E-state index in [1.807, 2.05) is 49.4 Å². The highest BCUT2D eigenvalue weighted by atomic mass is 16.3. The maximum Gasteiger partial charge on any atom is 0.315 e. The van der Waals surface area contributed by atoms with E-state index in [0.29, 0.717) is 13.0 Å². The van der Waals surface area contributed by atoms with Crippen LogP contribution in [0.5, 0.6) is 0 Å². The van der Waals surface area contributed by atoms with Gasteiger partial charge in [-0.3, -0.25) is 0 Å². The second kappa shape index (κ2) is 10.0. The molecule has 0 radical (unpaired) electrons. The molecule has 0 aromatic heterocycles. The maximum atomic E-state index is 11.8. The Kier molecular flexibility index (Phi) is 8.15. The molecular formula is C16H24N2O2. The van der Waals surface area contributed by atoms with Gasteiger partial charge in [0.15, 0.2) is 0 Å².